The number of cyclic esters (lactones) is 1. The van der Waals surface area contributed by atoms with Crippen LogP contribution in [0, 0.1) is 0 Å². The standard InChI is InChI=1S/C10H6N2O4/c13-9-5-1-6-8(12-4-16-10(6)14)2-7(5)11-3-15-9/h1-3,12H,4H2. The molecule has 2 heterocycles. The highest BCUT2D eigenvalue weighted by Crippen LogP contribution is 2.24. The van der Waals surface area contributed by atoms with E-state index in [0.717, 1.165) is 6.39 Å². The van der Waals surface area contributed by atoms with Crippen LogP contribution in [0.2, 0.25) is 0 Å². The van der Waals surface area contributed by atoms with Crippen LogP contribution >= 0.6 is 0 Å². The Balaban J connectivity index is 2.39. The predicted molar refractivity (Wildman–Crippen MR) is 54.2 cm³/mol. The topological polar surface area (TPSA) is 81.4 Å². The van der Waals surface area contributed by atoms with Gasteiger partial charge in [0.15, 0.2) is 13.1 Å². The molecule has 0 radical (unpaired) electrons. The maximum Gasteiger partial charge on any atom is 0.346 e. The summed E-state index contributed by atoms with van der Waals surface area (Å²) in [6, 6.07) is 3.06. The van der Waals surface area contributed by atoms with Crippen molar-refractivity contribution in [3.05, 3.63) is 34.5 Å². The molecule has 6 nitrogen and oxygen atoms in total. The van der Waals surface area contributed by atoms with E-state index in [9.17, 15) is 9.59 Å². The summed E-state index contributed by atoms with van der Waals surface area (Å²) in [5.74, 6) is -0.459. The highest BCUT2D eigenvalue weighted by molar-refractivity contribution is 6.01. The summed E-state index contributed by atoms with van der Waals surface area (Å²) in [6.07, 6.45) is 1.08. The van der Waals surface area contributed by atoms with Gasteiger partial charge in [0.05, 0.1) is 22.2 Å². The number of anilines is 1. The Morgan fingerprint density at radius 1 is 1.31 bits per heavy atom. The van der Waals surface area contributed by atoms with Crippen molar-refractivity contribution in [1.29, 1.82) is 0 Å². The molecule has 16 heavy (non-hydrogen) atoms. The summed E-state index contributed by atoms with van der Waals surface area (Å²) in [6.45, 7) is 0.124. The van der Waals surface area contributed by atoms with Gasteiger partial charge in [-0.3, -0.25) is 0 Å². The minimum absolute atomic E-state index is 0.124. The van der Waals surface area contributed by atoms with Crippen molar-refractivity contribution in [1.82, 2.24) is 4.98 Å². The van der Waals surface area contributed by atoms with Crippen molar-refractivity contribution in [2.75, 3.05) is 12.0 Å². The van der Waals surface area contributed by atoms with Crippen LogP contribution in [0.5, 0.6) is 0 Å². The molecule has 80 valence electrons. The van der Waals surface area contributed by atoms with Crippen LogP contribution in [-0.2, 0) is 4.74 Å². The average Bonchev–Trinajstić information content (AvgIpc) is 2.28. The molecule has 0 bridgehead atoms. The number of esters is 1. The van der Waals surface area contributed by atoms with Crippen molar-refractivity contribution < 1.29 is 13.9 Å². The zero-order chi connectivity index (χ0) is 11.1. The second-order valence-electron chi connectivity index (χ2n) is 3.31. The van der Waals surface area contributed by atoms with Crippen molar-refractivity contribution in [2.24, 2.45) is 0 Å². The molecule has 1 aliphatic rings. The fraction of sp³-hybridized carbons (Fsp3) is 0.100. The number of carbonyl (C=O) groups is 1. The van der Waals surface area contributed by atoms with Crippen molar-refractivity contribution >= 4 is 22.6 Å². The molecule has 0 amide bonds. The van der Waals surface area contributed by atoms with Gasteiger partial charge >= 0.3 is 11.6 Å². The molecule has 0 atom stereocenters. The number of rotatable bonds is 0. The van der Waals surface area contributed by atoms with E-state index < -0.39 is 11.6 Å². The number of benzene rings is 1. The van der Waals surface area contributed by atoms with E-state index in [1.807, 2.05) is 0 Å². The molecule has 1 aromatic carbocycles. The SMILES string of the molecule is O=C1OCNc2cc3ncoc(=O)c3cc21. The van der Waals surface area contributed by atoms with Gasteiger partial charge in [0.25, 0.3) is 0 Å². The maximum absolute atomic E-state index is 11.4. The van der Waals surface area contributed by atoms with Gasteiger partial charge in [0.1, 0.15) is 0 Å². The largest absolute Gasteiger partial charge is 0.441 e. The Kier molecular flexibility index (Phi) is 1.70. The Labute approximate surface area is 88.8 Å². The molecule has 1 N–H and O–H groups in total. The number of nitrogens with one attached hydrogen (secondary N) is 1. The number of hydrogen-bond donors (Lipinski definition) is 1. The molecule has 1 aromatic heterocycles. The van der Waals surface area contributed by atoms with Gasteiger partial charge in [-0.2, -0.15) is 0 Å². The van der Waals surface area contributed by atoms with Crippen LogP contribution in [0.3, 0.4) is 0 Å². The molecule has 1 aliphatic heterocycles. The van der Waals surface area contributed by atoms with Crippen LogP contribution in [-0.4, -0.2) is 17.7 Å². The highest BCUT2D eigenvalue weighted by Gasteiger charge is 2.19. The molecule has 0 saturated heterocycles. The third-order valence-corrected chi connectivity index (χ3v) is 2.39. The average molecular weight is 218 g/mol. The molecule has 0 spiro atoms. The number of ether oxygens (including phenoxy) is 1. The molecule has 0 fully saturated rings. The van der Waals surface area contributed by atoms with E-state index >= 15 is 0 Å². The fourth-order valence-corrected chi connectivity index (χ4v) is 1.63. The number of hydrogen-bond acceptors (Lipinski definition) is 6. The monoisotopic (exact) mass is 218 g/mol. The van der Waals surface area contributed by atoms with Crippen LogP contribution < -0.4 is 10.9 Å². The lowest BCUT2D eigenvalue weighted by Gasteiger charge is -2.17. The quantitative estimate of drug-likeness (QED) is 0.656. The molecular weight excluding hydrogens is 212 g/mol. The first-order valence-corrected chi connectivity index (χ1v) is 4.58. The van der Waals surface area contributed by atoms with E-state index in [0.29, 0.717) is 16.8 Å². The van der Waals surface area contributed by atoms with Gasteiger partial charge in [0, 0.05) is 0 Å². The van der Waals surface area contributed by atoms with Crippen molar-refractivity contribution in [3.63, 3.8) is 0 Å². The highest BCUT2D eigenvalue weighted by atomic mass is 16.5. The molecule has 2 aromatic rings. The number of carbonyl (C=O) groups excluding carboxylic acids is 1. The lowest BCUT2D eigenvalue weighted by Crippen LogP contribution is -2.21. The number of aromatic nitrogens is 1. The summed E-state index contributed by atoms with van der Waals surface area (Å²) in [5, 5.41) is 3.15. The third-order valence-electron chi connectivity index (χ3n) is 2.39. The summed E-state index contributed by atoms with van der Waals surface area (Å²) in [4.78, 5) is 26.7. The number of nitrogens with zero attached hydrogens (tertiary/aromatic N) is 1. The minimum atomic E-state index is -0.522. The number of fused-ring (bicyclic) bond motifs is 2. The molecule has 0 unspecified atom stereocenters. The summed E-state index contributed by atoms with van der Waals surface area (Å²) < 4.78 is 9.42. The van der Waals surface area contributed by atoms with Crippen LogP contribution in [0.25, 0.3) is 10.9 Å². The predicted octanol–water partition coefficient (Wildman–Crippen LogP) is 0.728. The summed E-state index contributed by atoms with van der Waals surface area (Å²) in [5.41, 5.74) is 0.893. The van der Waals surface area contributed by atoms with Crippen LogP contribution in [0.15, 0.2) is 27.7 Å². The molecule has 3 rings (SSSR count). The maximum atomic E-state index is 11.4. The van der Waals surface area contributed by atoms with E-state index in [4.69, 9.17) is 4.74 Å². The van der Waals surface area contributed by atoms with Crippen molar-refractivity contribution in [3.8, 4) is 0 Å². The van der Waals surface area contributed by atoms with E-state index in [2.05, 4.69) is 14.7 Å². The smallest absolute Gasteiger partial charge is 0.346 e. The Morgan fingerprint density at radius 3 is 3.06 bits per heavy atom. The van der Waals surface area contributed by atoms with Crippen molar-refractivity contribution in [2.45, 2.75) is 0 Å². The molecule has 0 saturated carbocycles. The van der Waals surface area contributed by atoms with Crippen LogP contribution in [0.1, 0.15) is 10.4 Å². The van der Waals surface area contributed by atoms with Gasteiger partial charge in [-0.1, -0.05) is 0 Å². The van der Waals surface area contributed by atoms with Crippen LogP contribution in [0.4, 0.5) is 5.69 Å². The lowest BCUT2D eigenvalue weighted by atomic mass is 10.1. The Hall–Kier alpha value is -2.37. The molecular formula is C10H6N2O4. The summed E-state index contributed by atoms with van der Waals surface area (Å²) in [7, 11) is 0. The zero-order valence-corrected chi connectivity index (χ0v) is 8.02. The second-order valence-corrected chi connectivity index (χ2v) is 3.31. The zero-order valence-electron chi connectivity index (χ0n) is 8.02. The first-order valence-electron chi connectivity index (χ1n) is 4.58. The first-order chi connectivity index (χ1) is 7.75. The van der Waals surface area contributed by atoms with E-state index in [-0.39, 0.29) is 12.1 Å². The summed E-state index contributed by atoms with van der Waals surface area (Å²) >= 11 is 0. The Morgan fingerprint density at radius 2 is 2.19 bits per heavy atom. The van der Waals surface area contributed by atoms with Gasteiger partial charge in [-0.05, 0) is 12.1 Å². The third kappa shape index (κ3) is 1.16. The van der Waals surface area contributed by atoms with Gasteiger partial charge in [-0.15, -0.1) is 0 Å². The Bertz CT molecular complexity index is 647. The van der Waals surface area contributed by atoms with Gasteiger partial charge in [-0.25, -0.2) is 14.6 Å². The normalized spacial score (nSPS) is 14.1. The van der Waals surface area contributed by atoms with E-state index in [1.165, 1.54) is 6.07 Å². The van der Waals surface area contributed by atoms with E-state index in [1.54, 1.807) is 6.07 Å². The minimum Gasteiger partial charge on any atom is -0.441 e. The fourth-order valence-electron chi connectivity index (χ4n) is 1.63. The lowest BCUT2D eigenvalue weighted by molar-refractivity contribution is 0.0518. The first kappa shape index (κ1) is 8.90. The molecule has 0 aliphatic carbocycles. The van der Waals surface area contributed by atoms with Gasteiger partial charge in [0.2, 0.25) is 0 Å². The second kappa shape index (κ2) is 3.06. The van der Waals surface area contributed by atoms with Gasteiger partial charge < -0.3 is 14.5 Å². The molecule has 6 heteroatoms.